The van der Waals surface area contributed by atoms with Crippen molar-refractivity contribution in [2.75, 3.05) is 0 Å². The van der Waals surface area contributed by atoms with Crippen molar-refractivity contribution in [3.8, 4) is 6.07 Å². The minimum Gasteiger partial charge on any atom is -0.185 e. The normalized spacial score (nSPS) is 3.80. The van der Waals surface area contributed by atoms with Crippen LogP contribution in [0.15, 0.2) is 0 Å². The SMILES string of the molecule is N#CC=[N+]=N. The van der Waals surface area contributed by atoms with E-state index in [1.165, 1.54) is 6.07 Å². The maximum Gasteiger partial charge on any atom is 0.406 e. The zero-order valence-corrected chi connectivity index (χ0v) is 2.47. The summed E-state index contributed by atoms with van der Waals surface area (Å²) in [6, 6.07) is 1.54. The molecule has 0 aromatic heterocycles. The minimum absolute atomic E-state index is 0.847. The van der Waals surface area contributed by atoms with Crippen molar-refractivity contribution in [3.05, 3.63) is 0 Å². The zero-order valence-electron chi connectivity index (χ0n) is 2.47. The van der Waals surface area contributed by atoms with Crippen LogP contribution in [-0.4, -0.2) is 11.0 Å². The highest BCUT2D eigenvalue weighted by Crippen LogP contribution is 1.23. The first-order valence-corrected chi connectivity index (χ1v) is 0.994. The lowest BCUT2D eigenvalue weighted by molar-refractivity contribution is -0.110. The molecule has 0 aromatic carbocycles. The van der Waals surface area contributed by atoms with Crippen molar-refractivity contribution in [1.29, 1.82) is 10.8 Å². The van der Waals surface area contributed by atoms with Crippen LogP contribution in [0.1, 0.15) is 0 Å². The van der Waals surface area contributed by atoms with Crippen LogP contribution in [0.4, 0.5) is 0 Å². The first-order valence-electron chi connectivity index (χ1n) is 0.994. The van der Waals surface area contributed by atoms with Gasteiger partial charge in [-0.25, -0.2) is 0 Å². The lowest BCUT2D eigenvalue weighted by Crippen LogP contribution is -1.56. The van der Waals surface area contributed by atoms with Crippen LogP contribution in [-0.2, 0) is 0 Å². The summed E-state index contributed by atoms with van der Waals surface area (Å²) in [4.78, 5) is 2.62. The molecule has 0 aromatic rings. The van der Waals surface area contributed by atoms with Crippen LogP contribution in [0.3, 0.4) is 0 Å². The largest absolute Gasteiger partial charge is 0.406 e. The number of hydrogen-bond acceptors (Lipinski definition) is 2. The molecule has 0 fully saturated rings. The monoisotopic (exact) mass is 68.0 g/mol. The summed E-state index contributed by atoms with van der Waals surface area (Å²) in [5, 5.41) is 7.55. The summed E-state index contributed by atoms with van der Waals surface area (Å²) in [6.45, 7) is 0. The van der Waals surface area contributed by atoms with Gasteiger partial charge in [0, 0.05) is 0 Å². The van der Waals surface area contributed by atoms with Gasteiger partial charge < -0.3 is 0 Å². The summed E-state index contributed by atoms with van der Waals surface area (Å²) in [7, 11) is 0. The molecular weight excluding hydrogens is 66.0 g/mol. The topological polar surface area (TPSA) is 61.7 Å². The highest BCUT2D eigenvalue weighted by molar-refractivity contribution is 5.69. The Morgan fingerprint density at radius 3 is 2.60 bits per heavy atom. The molecule has 0 bridgehead atoms. The summed E-state index contributed by atoms with van der Waals surface area (Å²) < 4.78 is 0. The average Bonchev–Trinajstić information content (AvgIpc) is 1.41. The van der Waals surface area contributed by atoms with Gasteiger partial charge in [-0.05, 0) is 0 Å². The fraction of sp³-hybridized carbons (Fsp3) is 0. The third-order valence-corrected chi connectivity index (χ3v) is 0.122. The molecule has 0 aliphatic heterocycles. The van der Waals surface area contributed by atoms with Crippen LogP contribution in [0.25, 0.3) is 0 Å². The van der Waals surface area contributed by atoms with Crippen LogP contribution in [0.5, 0.6) is 0 Å². The molecule has 1 N–H and O–H groups in total. The van der Waals surface area contributed by atoms with E-state index in [1.54, 1.807) is 0 Å². The lowest BCUT2D eigenvalue weighted by atomic mass is 10.9. The molecule has 0 unspecified atom stereocenters. The van der Waals surface area contributed by atoms with Crippen molar-refractivity contribution in [1.82, 2.24) is 0 Å². The van der Waals surface area contributed by atoms with Crippen LogP contribution < -0.4 is 0 Å². The van der Waals surface area contributed by atoms with E-state index in [2.05, 4.69) is 4.79 Å². The average molecular weight is 68.1 g/mol. The number of hydrogen-bond donors (Lipinski definition) is 1. The van der Waals surface area contributed by atoms with Gasteiger partial charge in [0.15, 0.2) is 6.07 Å². The quantitative estimate of drug-likeness (QED) is 0.239. The van der Waals surface area contributed by atoms with Crippen molar-refractivity contribution >= 4 is 6.21 Å². The number of nitriles is 1. The maximum absolute atomic E-state index is 7.55. The molecule has 0 radical (unpaired) electrons. The Morgan fingerprint density at radius 1 is 2.00 bits per heavy atom. The predicted molar refractivity (Wildman–Crippen MR) is 14.7 cm³/mol. The molecule has 0 amide bonds. The van der Waals surface area contributed by atoms with E-state index in [0.717, 1.165) is 6.21 Å². The Labute approximate surface area is 29.1 Å². The summed E-state index contributed by atoms with van der Waals surface area (Å²) in [6.07, 6.45) is 0.847. The number of nitrogens with zero attached hydrogens (tertiary/aromatic N) is 2. The highest BCUT2D eigenvalue weighted by Gasteiger charge is 1.62. The zero-order chi connectivity index (χ0) is 4.12. The Kier molecular flexibility index (Phi) is 2.22. The highest BCUT2D eigenvalue weighted by atomic mass is 14.8. The van der Waals surface area contributed by atoms with E-state index in [4.69, 9.17) is 10.8 Å². The molecule has 5 heavy (non-hydrogen) atoms. The third-order valence-electron chi connectivity index (χ3n) is 0.122. The van der Waals surface area contributed by atoms with E-state index < -0.39 is 0 Å². The fourth-order valence-electron chi connectivity index (χ4n) is 0.0289. The fourth-order valence-corrected chi connectivity index (χ4v) is 0.0289. The van der Waals surface area contributed by atoms with Crippen LogP contribution in [0, 0.1) is 16.9 Å². The minimum atomic E-state index is 0.847. The number of rotatable bonds is 0. The summed E-state index contributed by atoms with van der Waals surface area (Å²) >= 11 is 0. The van der Waals surface area contributed by atoms with Crippen molar-refractivity contribution in [2.24, 2.45) is 0 Å². The Hall–Kier alpha value is -1.13. The molecule has 0 atom stereocenters. The molecule has 0 aliphatic carbocycles. The maximum atomic E-state index is 7.55. The van der Waals surface area contributed by atoms with Gasteiger partial charge in [-0.3, -0.25) is 0 Å². The van der Waals surface area contributed by atoms with Gasteiger partial charge in [0.2, 0.25) is 0 Å². The van der Waals surface area contributed by atoms with Gasteiger partial charge in [0.25, 0.3) is 0 Å². The predicted octanol–water partition coefficient (Wildman–Crippen LogP) is -0.180. The van der Waals surface area contributed by atoms with E-state index in [0.29, 0.717) is 0 Å². The first kappa shape index (κ1) is 3.87. The Balaban J connectivity index is 3.46. The molecule has 0 heterocycles. The molecule has 0 saturated heterocycles. The van der Waals surface area contributed by atoms with Crippen molar-refractivity contribution < 1.29 is 4.79 Å². The lowest BCUT2D eigenvalue weighted by Gasteiger charge is -1.17. The third kappa shape index (κ3) is 2.87. The molecule has 0 aliphatic rings. The van der Waals surface area contributed by atoms with Gasteiger partial charge in [-0.2, -0.15) is 5.26 Å². The van der Waals surface area contributed by atoms with Gasteiger partial charge in [0.05, 0.1) is 10.3 Å². The second-order valence-corrected chi connectivity index (χ2v) is 0.387. The molecule has 0 saturated carbocycles. The van der Waals surface area contributed by atoms with Gasteiger partial charge in [-0.15, -0.1) is 0 Å². The van der Waals surface area contributed by atoms with Gasteiger partial charge >= 0.3 is 6.21 Å². The van der Waals surface area contributed by atoms with E-state index in [1.807, 2.05) is 0 Å². The van der Waals surface area contributed by atoms with E-state index in [9.17, 15) is 0 Å². The second kappa shape index (κ2) is 2.87. The summed E-state index contributed by atoms with van der Waals surface area (Å²) in [5.41, 5.74) is 5.95. The first-order chi connectivity index (χ1) is 2.41. The van der Waals surface area contributed by atoms with E-state index >= 15 is 0 Å². The standard InChI is InChI=1S/C2H2N3/c3-1-2-5-4/h2,4H/q+1. The Bertz CT molecular complexity index is 92.0. The Morgan fingerprint density at radius 2 is 2.60 bits per heavy atom. The second-order valence-electron chi connectivity index (χ2n) is 0.387. The molecule has 3 nitrogen and oxygen atoms in total. The molecule has 3 heteroatoms. The molecule has 0 spiro atoms. The van der Waals surface area contributed by atoms with Gasteiger partial charge in [-0.1, -0.05) is 0 Å². The molecule has 24 valence electrons. The summed E-state index contributed by atoms with van der Waals surface area (Å²) in [5.74, 6) is 0. The van der Waals surface area contributed by atoms with E-state index in [-0.39, 0.29) is 0 Å². The van der Waals surface area contributed by atoms with Crippen molar-refractivity contribution in [2.45, 2.75) is 0 Å². The molecular formula is C2H2N3+. The van der Waals surface area contributed by atoms with Crippen molar-refractivity contribution in [3.63, 3.8) is 0 Å². The van der Waals surface area contributed by atoms with Crippen LogP contribution >= 0.6 is 0 Å². The smallest absolute Gasteiger partial charge is 0.185 e. The molecule has 0 rings (SSSR count). The number of nitrogens with one attached hydrogen (secondary N) is 1. The van der Waals surface area contributed by atoms with Crippen LogP contribution in [0.2, 0.25) is 0 Å². The van der Waals surface area contributed by atoms with Gasteiger partial charge in [0.1, 0.15) is 0 Å².